The summed E-state index contributed by atoms with van der Waals surface area (Å²) in [4.78, 5) is 26.2. The van der Waals surface area contributed by atoms with E-state index in [4.69, 9.17) is 0 Å². The van der Waals surface area contributed by atoms with E-state index in [2.05, 4.69) is 10.3 Å². The summed E-state index contributed by atoms with van der Waals surface area (Å²) in [5.41, 5.74) is 1.71. The second kappa shape index (κ2) is 6.83. The standard InChI is InChI=1S/C17H14N4O4/c22-15-2-1-9-20-11-13(19-17(15)20)10-18-16(23)8-5-12-3-6-14(7-4-12)21(24)25/h1-9,11,22H,10H2,(H,18,23)/b8-5+. The largest absolute Gasteiger partial charge is 0.504 e. The molecule has 0 fully saturated rings. The summed E-state index contributed by atoms with van der Waals surface area (Å²) >= 11 is 0. The second-order valence-electron chi connectivity index (χ2n) is 5.26. The van der Waals surface area contributed by atoms with Gasteiger partial charge in [0.25, 0.3) is 5.69 Å². The van der Waals surface area contributed by atoms with Gasteiger partial charge in [0.2, 0.25) is 5.91 Å². The van der Waals surface area contributed by atoms with E-state index in [9.17, 15) is 20.0 Å². The smallest absolute Gasteiger partial charge is 0.269 e. The summed E-state index contributed by atoms with van der Waals surface area (Å²) in [5, 5.41) is 23.0. The molecule has 2 heterocycles. The topological polar surface area (TPSA) is 110 Å². The molecule has 8 heteroatoms. The molecule has 0 bridgehead atoms. The molecule has 0 aliphatic rings. The van der Waals surface area contributed by atoms with E-state index in [1.165, 1.54) is 24.3 Å². The van der Waals surface area contributed by atoms with Crippen molar-refractivity contribution >= 4 is 23.3 Å². The van der Waals surface area contributed by atoms with Crippen LogP contribution in [0.1, 0.15) is 11.3 Å². The molecule has 1 amide bonds. The first-order chi connectivity index (χ1) is 12.0. The molecule has 126 valence electrons. The predicted octanol–water partition coefficient (Wildman–Crippen LogP) is 2.28. The van der Waals surface area contributed by atoms with Gasteiger partial charge >= 0.3 is 0 Å². The lowest BCUT2D eigenvalue weighted by atomic mass is 10.2. The highest BCUT2D eigenvalue weighted by molar-refractivity contribution is 5.91. The van der Waals surface area contributed by atoms with Gasteiger partial charge in [0.15, 0.2) is 11.4 Å². The number of nitro groups is 1. The molecule has 0 unspecified atom stereocenters. The Morgan fingerprint density at radius 2 is 2.08 bits per heavy atom. The summed E-state index contributed by atoms with van der Waals surface area (Å²) in [7, 11) is 0. The van der Waals surface area contributed by atoms with Crippen LogP contribution in [0.15, 0.2) is 54.9 Å². The number of nitrogens with zero attached hydrogens (tertiary/aromatic N) is 3. The summed E-state index contributed by atoms with van der Waals surface area (Å²) < 4.78 is 1.67. The van der Waals surface area contributed by atoms with Crippen molar-refractivity contribution in [1.82, 2.24) is 14.7 Å². The molecule has 0 radical (unpaired) electrons. The molecule has 0 aliphatic heterocycles. The number of rotatable bonds is 5. The van der Waals surface area contributed by atoms with Gasteiger partial charge in [-0.25, -0.2) is 4.98 Å². The number of non-ortho nitro benzene ring substituents is 1. The number of imidazole rings is 1. The minimum absolute atomic E-state index is 0.00305. The minimum Gasteiger partial charge on any atom is -0.504 e. The molecule has 3 rings (SSSR count). The highest BCUT2D eigenvalue weighted by Gasteiger charge is 2.06. The number of carbonyl (C=O) groups is 1. The Morgan fingerprint density at radius 3 is 2.76 bits per heavy atom. The van der Waals surface area contributed by atoms with Crippen LogP contribution in [0.5, 0.6) is 5.75 Å². The summed E-state index contributed by atoms with van der Waals surface area (Å²) in [6.45, 7) is 0.213. The average Bonchev–Trinajstić information content (AvgIpc) is 3.03. The van der Waals surface area contributed by atoms with E-state index < -0.39 is 4.92 Å². The van der Waals surface area contributed by atoms with Gasteiger partial charge < -0.3 is 14.8 Å². The minimum atomic E-state index is -0.479. The highest BCUT2D eigenvalue weighted by atomic mass is 16.6. The molecular weight excluding hydrogens is 324 g/mol. The Morgan fingerprint density at radius 1 is 1.32 bits per heavy atom. The van der Waals surface area contributed by atoms with E-state index in [0.717, 1.165) is 0 Å². The van der Waals surface area contributed by atoms with E-state index in [-0.39, 0.29) is 23.9 Å². The van der Waals surface area contributed by atoms with Gasteiger partial charge in [-0.15, -0.1) is 0 Å². The monoisotopic (exact) mass is 338 g/mol. The molecule has 0 saturated carbocycles. The van der Waals surface area contributed by atoms with Crippen molar-refractivity contribution in [1.29, 1.82) is 0 Å². The van der Waals surface area contributed by atoms with Gasteiger partial charge in [-0.1, -0.05) is 0 Å². The Labute approximate surface area is 142 Å². The predicted molar refractivity (Wildman–Crippen MR) is 90.8 cm³/mol. The van der Waals surface area contributed by atoms with Crippen LogP contribution >= 0.6 is 0 Å². The first kappa shape index (κ1) is 16.2. The van der Waals surface area contributed by atoms with E-state index >= 15 is 0 Å². The van der Waals surface area contributed by atoms with Crippen LogP contribution in [-0.4, -0.2) is 25.3 Å². The zero-order valence-electron chi connectivity index (χ0n) is 13.0. The van der Waals surface area contributed by atoms with Gasteiger partial charge in [0.1, 0.15) is 0 Å². The van der Waals surface area contributed by atoms with Crippen molar-refractivity contribution in [3.63, 3.8) is 0 Å². The van der Waals surface area contributed by atoms with Crippen molar-refractivity contribution in [3.05, 3.63) is 76.2 Å². The Balaban J connectivity index is 1.60. The van der Waals surface area contributed by atoms with E-state index in [0.29, 0.717) is 16.9 Å². The summed E-state index contributed by atoms with van der Waals surface area (Å²) in [6, 6.07) is 9.11. The molecule has 3 aromatic rings. The molecule has 1 aromatic carbocycles. The zero-order valence-corrected chi connectivity index (χ0v) is 13.0. The van der Waals surface area contributed by atoms with Crippen molar-refractivity contribution in [3.8, 4) is 5.75 Å². The molecule has 0 spiro atoms. The lowest BCUT2D eigenvalue weighted by Gasteiger charge is -1.98. The molecule has 2 aromatic heterocycles. The second-order valence-corrected chi connectivity index (χ2v) is 5.26. The Hall–Kier alpha value is -3.68. The third-order valence-electron chi connectivity index (χ3n) is 3.49. The van der Waals surface area contributed by atoms with E-state index in [1.54, 1.807) is 41.1 Å². The zero-order chi connectivity index (χ0) is 17.8. The van der Waals surface area contributed by atoms with Crippen LogP contribution in [0.3, 0.4) is 0 Å². The van der Waals surface area contributed by atoms with Crippen molar-refractivity contribution in [2.45, 2.75) is 6.54 Å². The first-order valence-electron chi connectivity index (χ1n) is 7.39. The lowest BCUT2D eigenvalue weighted by molar-refractivity contribution is -0.384. The quantitative estimate of drug-likeness (QED) is 0.421. The number of amides is 1. The third kappa shape index (κ3) is 3.81. The van der Waals surface area contributed by atoms with Gasteiger partial charge in [0.05, 0.1) is 17.2 Å². The fourth-order valence-electron chi connectivity index (χ4n) is 2.25. The lowest BCUT2D eigenvalue weighted by Crippen LogP contribution is -2.20. The van der Waals surface area contributed by atoms with Crippen LogP contribution in [0.2, 0.25) is 0 Å². The van der Waals surface area contributed by atoms with Gasteiger partial charge in [-0.05, 0) is 35.9 Å². The van der Waals surface area contributed by atoms with Gasteiger partial charge in [-0.2, -0.15) is 0 Å². The molecule has 0 aliphatic carbocycles. The summed E-state index contributed by atoms with van der Waals surface area (Å²) in [6.07, 6.45) is 6.38. The number of nitro benzene ring substituents is 1. The Bertz CT molecular complexity index is 960. The fraction of sp³-hybridized carbons (Fsp3) is 0.0588. The number of pyridine rings is 1. The number of hydrogen-bond acceptors (Lipinski definition) is 5. The van der Waals surface area contributed by atoms with Crippen molar-refractivity contribution in [2.24, 2.45) is 0 Å². The van der Waals surface area contributed by atoms with Crippen LogP contribution in [0.4, 0.5) is 5.69 Å². The maximum absolute atomic E-state index is 11.9. The summed E-state index contributed by atoms with van der Waals surface area (Å²) in [5.74, 6) is -0.252. The molecular formula is C17H14N4O4. The number of aromatic hydroxyl groups is 1. The van der Waals surface area contributed by atoms with Crippen LogP contribution in [-0.2, 0) is 11.3 Å². The average molecular weight is 338 g/mol. The van der Waals surface area contributed by atoms with Crippen LogP contribution in [0.25, 0.3) is 11.7 Å². The van der Waals surface area contributed by atoms with Crippen molar-refractivity contribution < 1.29 is 14.8 Å². The highest BCUT2D eigenvalue weighted by Crippen LogP contribution is 2.16. The van der Waals surface area contributed by atoms with Gasteiger partial charge in [-0.3, -0.25) is 14.9 Å². The number of carbonyl (C=O) groups excluding carboxylic acids is 1. The van der Waals surface area contributed by atoms with Crippen LogP contribution < -0.4 is 5.32 Å². The first-order valence-corrected chi connectivity index (χ1v) is 7.39. The molecule has 2 N–H and O–H groups in total. The number of aromatic nitrogens is 2. The van der Waals surface area contributed by atoms with Crippen LogP contribution in [0, 0.1) is 10.1 Å². The molecule has 0 atom stereocenters. The maximum Gasteiger partial charge on any atom is 0.269 e. The number of fused-ring (bicyclic) bond motifs is 1. The maximum atomic E-state index is 11.9. The molecule has 25 heavy (non-hydrogen) atoms. The SMILES string of the molecule is O=C(/C=C/c1ccc([N+](=O)[O-])cc1)NCc1cn2cccc(O)c2n1. The fourth-order valence-corrected chi connectivity index (χ4v) is 2.25. The normalized spacial score (nSPS) is 11.0. The molecule has 8 nitrogen and oxygen atoms in total. The Kier molecular flexibility index (Phi) is 4.42. The number of benzene rings is 1. The molecule has 0 saturated heterocycles. The number of hydrogen-bond donors (Lipinski definition) is 2. The van der Waals surface area contributed by atoms with E-state index in [1.807, 2.05) is 0 Å². The van der Waals surface area contributed by atoms with Gasteiger partial charge in [0, 0.05) is 30.6 Å². The number of nitrogens with one attached hydrogen (secondary N) is 1. The van der Waals surface area contributed by atoms with Crippen molar-refractivity contribution in [2.75, 3.05) is 0 Å². The third-order valence-corrected chi connectivity index (χ3v) is 3.49.